The summed E-state index contributed by atoms with van der Waals surface area (Å²) in [4.78, 5) is 8.85. The van der Waals surface area contributed by atoms with Crippen molar-refractivity contribution in [3.05, 3.63) is 65.4 Å². The number of nitrogens with zero attached hydrogens (tertiary/aromatic N) is 2. The molecule has 2 aromatic carbocycles. The number of ether oxygens (including phenoxy) is 2. The zero-order valence-corrected chi connectivity index (χ0v) is 16.1. The van der Waals surface area contributed by atoms with Gasteiger partial charge in [0.2, 0.25) is 5.95 Å². The number of aromatic nitrogens is 2. The molecule has 0 saturated carbocycles. The van der Waals surface area contributed by atoms with Gasteiger partial charge in [-0.1, -0.05) is 17.7 Å². The maximum absolute atomic E-state index is 5.34. The van der Waals surface area contributed by atoms with E-state index in [1.807, 2.05) is 24.3 Å². The number of benzene rings is 2. The first-order chi connectivity index (χ1) is 13.6. The Bertz CT molecular complexity index is 1050. The summed E-state index contributed by atoms with van der Waals surface area (Å²) in [5, 5.41) is 6.55. The predicted octanol–water partition coefficient (Wildman–Crippen LogP) is 4.94. The number of methoxy groups -OCH3 is 2. The molecule has 0 bridgehead atoms. The fourth-order valence-corrected chi connectivity index (χ4v) is 3.26. The summed E-state index contributed by atoms with van der Waals surface area (Å²) in [5.74, 6) is 2.53. The minimum absolute atomic E-state index is 0.495. The van der Waals surface area contributed by atoms with Crippen LogP contribution in [0.2, 0.25) is 0 Å². The maximum atomic E-state index is 5.34. The Hall–Kier alpha value is -3.54. The average Bonchev–Trinajstić information content (AvgIpc) is 3.07. The van der Waals surface area contributed by atoms with Crippen molar-refractivity contribution in [3.8, 4) is 11.5 Å². The molecular formula is C22H22N4O2. The smallest absolute Gasteiger partial charge is 0.229 e. The van der Waals surface area contributed by atoms with Crippen molar-refractivity contribution in [1.82, 2.24) is 9.97 Å². The monoisotopic (exact) mass is 374 g/mol. The first-order valence-corrected chi connectivity index (χ1v) is 9.04. The van der Waals surface area contributed by atoms with Gasteiger partial charge in [0.15, 0.2) is 11.5 Å². The van der Waals surface area contributed by atoms with Crippen LogP contribution in [-0.2, 0) is 6.42 Å². The van der Waals surface area contributed by atoms with Crippen LogP contribution in [0, 0.1) is 0 Å². The quantitative estimate of drug-likeness (QED) is 0.637. The molecule has 28 heavy (non-hydrogen) atoms. The van der Waals surface area contributed by atoms with E-state index >= 15 is 0 Å². The normalized spacial score (nSPS) is 12.2. The average molecular weight is 374 g/mol. The largest absolute Gasteiger partial charge is 0.493 e. The second-order valence-corrected chi connectivity index (χ2v) is 6.67. The highest BCUT2D eigenvalue weighted by Crippen LogP contribution is 2.31. The topological polar surface area (TPSA) is 68.3 Å². The Labute approximate surface area is 164 Å². The molecule has 0 saturated heterocycles. The lowest BCUT2D eigenvalue weighted by atomic mass is 10.1. The van der Waals surface area contributed by atoms with Gasteiger partial charge in [0.05, 0.1) is 14.2 Å². The van der Waals surface area contributed by atoms with E-state index in [0.29, 0.717) is 17.4 Å². The maximum Gasteiger partial charge on any atom is 0.229 e. The molecule has 3 aromatic rings. The molecule has 0 unspecified atom stereocenters. The van der Waals surface area contributed by atoms with Gasteiger partial charge in [0.25, 0.3) is 0 Å². The third kappa shape index (κ3) is 3.76. The van der Waals surface area contributed by atoms with E-state index in [1.54, 1.807) is 20.4 Å². The molecule has 0 amide bonds. The summed E-state index contributed by atoms with van der Waals surface area (Å²) < 4.78 is 10.6. The number of nitrogens with one attached hydrogen (secondary N) is 2. The van der Waals surface area contributed by atoms with Crippen LogP contribution in [0.25, 0.3) is 6.08 Å². The Morgan fingerprint density at radius 1 is 0.893 bits per heavy atom. The first-order valence-electron chi connectivity index (χ1n) is 9.04. The van der Waals surface area contributed by atoms with Crippen LogP contribution >= 0.6 is 0 Å². The van der Waals surface area contributed by atoms with Crippen LogP contribution in [0.3, 0.4) is 0 Å². The lowest BCUT2D eigenvalue weighted by molar-refractivity contribution is 0.355. The van der Waals surface area contributed by atoms with Gasteiger partial charge >= 0.3 is 0 Å². The van der Waals surface area contributed by atoms with E-state index < -0.39 is 0 Å². The molecule has 1 aliphatic rings. The number of rotatable bonds is 6. The van der Waals surface area contributed by atoms with E-state index in [-0.39, 0.29) is 0 Å². The lowest BCUT2D eigenvalue weighted by Crippen LogP contribution is -2.01. The summed E-state index contributed by atoms with van der Waals surface area (Å²) in [6.07, 6.45) is 4.98. The summed E-state index contributed by atoms with van der Waals surface area (Å²) >= 11 is 0. The van der Waals surface area contributed by atoms with Crippen molar-refractivity contribution < 1.29 is 9.47 Å². The molecule has 0 atom stereocenters. The summed E-state index contributed by atoms with van der Waals surface area (Å²) in [6.45, 7) is 2.16. The molecule has 0 spiro atoms. The molecular weight excluding hydrogens is 352 g/mol. The Kier molecular flexibility index (Phi) is 4.85. The number of hydrogen-bond donors (Lipinski definition) is 2. The zero-order chi connectivity index (χ0) is 19.5. The van der Waals surface area contributed by atoms with Gasteiger partial charge in [-0.05, 0) is 54.8 Å². The fraction of sp³-hybridized carbons (Fsp3) is 0.182. The molecule has 2 N–H and O–H groups in total. The molecule has 6 heteroatoms. The van der Waals surface area contributed by atoms with Crippen molar-refractivity contribution in [2.75, 3.05) is 24.9 Å². The van der Waals surface area contributed by atoms with Gasteiger partial charge in [-0.15, -0.1) is 0 Å². The van der Waals surface area contributed by atoms with Crippen LogP contribution in [0.15, 0.2) is 54.2 Å². The van der Waals surface area contributed by atoms with Crippen molar-refractivity contribution in [3.63, 3.8) is 0 Å². The third-order valence-corrected chi connectivity index (χ3v) is 4.58. The van der Waals surface area contributed by atoms with Crippen molar-refractivity contribution in [1.29, 1.82) is 0 Å². The summed E-state index contributed by atoms with van der Waals surface area (Å²) in [5.41, 5.74) is 5.82. The van der Waals surface area contributed by atoms with Gasteiger partial charge in [-0.3, -0.25) is 0 Å². The highest BCUT2D eigenvalue weighted by molar-refractivity contribution is 5.70. The van der Waals surface area contributed by atoms with Gasteiger partial charge in [-0.25, -0.2) is 4.98 Å². The third-order valence-electron chi connectivity index (χ3n) is 4.58. The molecule has 1 aromatic heterocycles. The van der Waals surface area contributed by atoms with Gasteiger partial charge in [0, 0.05) is 23.6 Å². The highest BCUT2D eigenvalue weighted by Gasteiger charge is 2.10. The van der Waals surface area contributed by atoms with Crippen LogP contribution in [0.1, 0.15) is 18.1 Å². The number of anilines is 4. The van der Waals surface area contributed by atoms with Crippen LogP contribution in [-0.4, -0.2) is 24.2 Å². The Morgan fingerprint density at radius 3 is 2.50 bits per heavy atom. The second-order valence-electron chi connectivity index (χ2n) is 6.67. The molecule has 0 radical (unpaired) electrons. The lowest BCUT2D eigenvalue weighted by Gasteiger charge is -2.12. The van der Waals surface area contributed by atoms with Gasteiger partial charge < -0.3 is 20.1 Å². The number of fused-ring (bicyclic) bond motifs is 1. The molecule has 142 valence electrons. The highest BCUT2D eigenvalue weighted by atomic mass is 16.5. The Balaban J connectivity index is 1.51. The van der Waals surface area contributed by atoms with Crippen molar-refractivity contribution in [2.45, 2.75) is 13.3 Å². The van der Waals surface area contributed by atoms with E-state index in [1.165, 1.54) is 16.7 Å². The molecule has 1 aliphatic carbocycles. The van der Waals surface area contributed by atoms with Gasteiger partial charge in [0.1, 0.15) is 5.82 Å². The zero-order valence-electron chi connectivity index (χ0n) is 16.1. The van der Waals surface area contributed by atoms with Crippen LogP contribution < -0.4 is 20.1 Å². The Morgan fingerprint density at radius 2 is 1.68 bits per heavy atom. The molecule has 0 aliphatic heterocycles. The standard InChI is InChI=1S/C22H22N4O2/c1-14-10-15-4-5-17(12-16(15)11-14)24-21-8-9-23-22(26-21)25-18-6-7-19(27-2)20(13-18)28-3/h4-9,11-13H,10H2,1-3H3,(H2,23,24,25,26). The SMILES string of the molecule is COc1ccc(Nc2nccc(Nc3ccc4c(c3)C=C(C)C4)n2)cc1OC. The summed E-state index contributed by atoms with van der Waals surface area (Å²) in [6, 6.07) is 13.8. The molecule has 6 nitrogen and oxygen atoms in total. The number of allylic oxidation sites excluding steroid dienone is 1. The molecule has 1 heterocycles. The minimum Gasteiger partial charge on any atom is -0.493 e. The molecule has 0 fully saturated rings. The minimum atomic E-state index is 0.495. The summed E-state index contributed by atoms with van der Waals surface area (Å²) in [7, 11) is 3.22. The predicted molar refractivity (Wildman–Crippen MR) is 112 cm³/mol. The van der Waals surface area contributed by atoms with Crippen molar-refractivity contribution in [2.24, 2.45) is 0 Å². The van der Waals surface area contributed by atoms with Gasteiger partial charge in [-0.2, -0.15) is 4.98 Å². The molecule has 4 rings (SSSR count). The van der Waals surface area contributed by atoms with E-state index in [4.69, 9.17) is 9.47 Å². The van der Waals surface area contributed by atoms with E-state index in [0.717, 1.165) is 23.6 Å². The second kappa shape index (κ2) is 7.60. The fourth-order valence-electron chi connectivity index (χ4n) is 3.26. The van der Waals surface area contributed by atoms with Crippen molar-refractivity contribution >= 4 is 29.2 Å². The van der Waals surface area contributed by atoms with E-state index in [2.05, 4.69) is 51.8 Å². The van der Waals surface area contributed by atoms with E-state index in [9.17, 15) is 0 Å². The number of hydrogen-bond acceptors (Lipinski definition) is 6. The first kappa shape index (κ1) is 17.9. The van der Waals surface area contributed by atoms with Crippen LogP contribution in [0.5, 0.6) is 11.5 Å². The van der Waals surface area contributed by atoms with Crippen LogP contribution in [0.4, 0.5) is 23.1 Å².